The molecule has 0 unspecified atom stereocenters. The summed E-state index contributed by atoms with van der Waals surface area (Å²) in [6, 6.07) is 20.1. The number of benzene rings is 3. The van der Waals surface area contributed by atoms with Crippen LogP contribution in [0.1, 0.15) is 15.9 Å². The molecule has 5 nitrogen and oxygen atoms in total. The summed E-state index contributed by atoms with van der Waals surface area (Å²) in [5.74, 6) is -0.751. The zero-order chi connectivity index (χ0) is 20.4. The van der Waals surface area contributed by atoms with Crippen molar-refractivity contribution in [2.45, 2.75) is 6.54 Å². The van der Waals surface area contributed by atoms with Gasteiger partial charge in [-0.15, -0.1) is 0 Å². The number of fused-ring (bicyclic) bond motifs is 1. The van der Waals surface area contributed by atoms with Crippen molar-refractivity contribution in [2.75, 3.05) is 0 Å². The molecule has 0 fully saturated rings. The Hall–Kier alpha value is -3.58. The number of para-hydroxylation sites is 1. The number of carbonyl (C=O) groups excluding carboxylic acids is 1. The van der Waals surface area contributed by atoms with Crippen LogP contribution in [0.3, 0.4) is 0 Å². The van der Waals surface area contributed by atoms with E-state index in [0.29, 0.717) is 27.7 Å². The molecule has 144 valence electrons. The van der Waals surface area contributed by atoms with Gasteiger partial charge < -0.3 is 10.3 Å². The van der Waals surface area contributed by atoms with Gasteiger partial charge in [0.25, 0.3) is 11.5 Å². The molecule has 0 aliphatic rings. The third-order valence-electron chi connectivity index (χ3n) is 4.57. The Kier molecular flexibility index (Phi) is 5.05. The molecule has 0 atom stereocenters. The minimum atomic E-state index is -0.378. The molecule has 0 saturated heterocycles. The minimum Gasteiger partial charge on any atom is -0.348 e. The van der Waals surface area contributed by atoms with Crippen LogP contribution in [0.4, 0.5) is 4.39 Å². The average Bonchev–Trinajstić information content (AvgIpc) is 2.73. The Morgan fingerprint density at radius 3 is 2.52 bits per heavy atom. The van der Waals surface area contributed by atoms with Gasteiger partial charge in [0.2, 0.25) is 0 Å². The van der Waals surface area contributed by atoms with Gasteiger partial charge in [-0.2, -0.15) is 0 Å². The molecule has 0 saturated carbocycles. The summed E-state index contributed by atoms with van der Waals surface area (Å²) in [5, 5.41) is 3.10. The maximum Gasteiger partial charge on any atom is 0.266 e. The van der Waals surface area contributed by atoms with Gasteiger partial charge in [-0.25, -0.2) is 4.39 Å². The number of hydrogen-bond donors (Lipinski definition) is 2. The number of nitrogens with zero attached hydrogens (tertiary/aromatic N) is 1. The second-order valence-electron chi connectivity index (χ2n) is 6.44. The fourth-order valence-electron chi connectivity index (χ4n) is 3.09. The standard InChI is InChI=1S/C22H16FN3O2S/c23-18-9-5-4-6-15(18)13-24-20(27)14-10-11-17-19(12-14)25-22(29)26(21(17)28)16-7-2-1-3-8-16/h1-12H,13H2,(H,24,27)(H,25,29). The zero-order valence-corrected chi connectivity index (χ0v) is 16.0. The molecule has 0 spiro atoms. The highest BCUT2D eigenvalue weighted by molar-refractivity contribution is 7.71. The highest BCUT2D eigenvalue weighted by Gasteiger charge is 2.12. The van der Waals surface area contributed by atoms with Crippen molar-refractivity contribution >= 4 is 29.0 Å². The molecule has 7 heteroatoms. The molecular weight excluding hydrogens is 389 g/mol. The summed E-state index contributed by atoms with van der Waals surface area (Å²) < 4.78 is 15.4. The summed E-state index contributed by atoms with van der Waals surface area (Å²) in [6.45, 7) is 0.0646. The minimum absolute atomic E-state index is 0.0646. The van der Waals surface area contributed by atoms with Gasteiger partial charge in [0, 0.05) is 17.7 Å². The van der Waals surface area contributed by atoms with E-state index in [0.717, 1.165) is 0 Å². The van der Waals surface area contributed by atoms with E-state index in [1.165, 1.54) is 10.6 Å². The SMILES string of the molecule is O=C(NCc1ccccc1F)c1ccc2c(=O)n(-c3ccccc3)c(=S)[nH]c2c1. The Morgan fingerprint density at radius 1 is 1.03 bits per heavy atom. The summed E-state index contributed by atoms with van der Waals surface area (Å²) >= 11 is 5.35. The van der Waals surface area contributed by atoms with Crippen LogP contribution in [0.15, 0.2) is 77.6 Å². The second-order valence-corrected chi connectivity index (χ2v) is 6.83. The third kappa shape index (κ3) is 3.72. The number of nitrogens with one attached hydrogen (secondary N) is 2. The van der Waals surface area contributed by atoms with E-state index in [1.54, 1.807) is 48.5 Å². The van der Waals surface area contributed by atoms with Crippen LogP contribution >= 0.6 is 12.2 Å². The zero-order valence-electron chi connectivity index (χ0n) is 15.2. The van der Waals surface area contributed by atoms with E-state index >= 15 is 0 Å². The number of halogens is 1. The number of carbonyl (C=O) groups is 1. The maximum absolute atomic E-state index is 13.7. The Bertz CT molecular complexity index is 1330. The predicted molar refractivity (Wildman–Crippen MR) is 112 cm³/mol. The average molecular weight is 405 g/mol. The monoisotopic (exact) mass is 405 g/mol. The van der Waals surface area contributed by atoms with Gasteiger partial charge in [-0.05, 0) is 48.6 Å². The maximum atomic E-state index is 13.7. The summed E-state index contributed by atoms with van der Waals surface area (Å²) in [5.41, 5.74) is 1.59. The van der Waals surface area contributed by atoms with Gasteiger partial charge in [0.1, 0.15) is 5.82 Å². The molecule has 1 heterocycles. The number of H-pyrrole nitrogens is 1. The van der Waals surface area contributed by atoms with Crippen LogP contribution < -0.4 is 10.9 Å². The molecule has 0 bridgehead atoms. The molecule has 3 aromatic carbocycles. The lowest BCUT2D eigenvalue weighted by molar-refractivity contribution is 0.0950. The van der Waals surface area contributed by atoms with Crippen LogP contribution in [0.5, 0.6) is 0 Å². The third-order valence-corrected chi connectivity index (χ3v) is 4.86. The van der Waals surface area contributed by atoms with Crippen molar-refractivity contribution in [1.82, 2.24) is 14.9 Å². The number of aromatic amines is 1. The van der Waals surface area contributed by atoms with Crippen LogP contribution in [0.2, 0.25) is 0 Å². The van der Waals surface area contributed by atoms with Crippen molar-refractivity contribution in [3.8, 4) is 5.69 Å². The van der Waals surface area contributed by atoms with Crippen LogP contribution in [-0.2, 0) is 6.54 Å². The molecule has 2 N–H and O–H groups in total. The van der Waals surface area contributed by atoms with E-state index in [1.807, 2.05) is 18.2 Å². The lowest BCUT2D eigenvalue weighted by atomic mass is 10.1. The van der Waals surface area contributed by atoms with Crippen molar-refractivity contribution in [2.24, 2.45) is 0 Å². The van der Waals surface area contributed by atoms with Gasteiger partial charge >= 0.3 is 0 Å². The first kappa shape index (κ1) is 18.8. The van der Waals surface area contributed by atoms with E-state index in [-0.39, 0.29) is 28.6 Å². The lowest BCUT2D eigenvalue weighted by Crippen LogP contribution is -2.24. The molecule has 4 aromatic rings. The second kappa shape index (κ2) is 7.81. The van der Waals surface area contributed by atoms with Gasteiger partial charge in [-0.3, -0.25) is 14.2 Å². The van der Waals surface area contributed by atoms with Crippen LogP contribution in [0.25, 0.3) is 16.6 Å². The first-order chi connectivity index (χ1) is 14.0. The highest BCUT2D eigenvalue weighted by atomic mass is 32.1. The molecule has 1 aromatic heterocycles. The Labute approximate surface area is 170 Å². The van der Waals surface area contributed by atoms with E-state index in [9.17, 15) is 14.0 Å². The molecular formula is C22H16FN3O2S. The van der Waals surface area contributed by atoms with Crippen molar-refractivity contribution in [3.05, 3.63) is 105 Å². The Morgan fingerprint density at radius 2 is 1.76 bits per heavy atom. The molecule has 0 aliphatic carbocycles. The summed E-state index contributed by atoms with van der Waals surface area (Å²) in [6.07, 6.45) is 0. The fourth-order valence-corrected chi connectivity index (χ4v) is 3.39. The van der Waals surface area contributed by atoms with Crippen LogP contribution in [-0.4, -0.2) is 15.5 Å². The normalized spacial score (nSPS) is 10.8. The van der Waals surface area contributed by atoms with Gasteiger partial charge in [0.05, 0.1) is 16.6 Å². The van der Waals surface area contributed by atoms with Gasteiger partial charge in [0.15, 0.2) is 4.77 Å². The van der Waals surface area contributed by atoms with Crippen molar-refractivity contribution in [1.29, 1.82) is 0 Å². The van der Waals surface area contributed by atoms with Crippen LogP contribution in [0, 0.1) is 10.6 Å². The molecule has 0 aliphatic heterocycles. The number of rotatable bonds is 4. The van der Waals surface area contributed by atoms with E-state index in [4.69, 9.17) is 12.2 Å². The summed E-state index contributed by atoms with van der Waals surface area (Å²) in [4.78, 5) is 28.4. The smallest absolute Gasteiger partial charge is 0.266 e. The predicted octanol–water partition coefficient (Wildman–Crippen LogP) is 4.12. The Balaban J connectivity index is 1.66. The van der Waals surface area contributed by atoms with E-state index in [2.05, 4.69) is 10.3 Å². The molecule has 0 radical (unpaired) electrons. The highest BCUT2D eigenvalue weighted by Crippen LogP contribution is 2.14. The topological polar surface area (TPSA) is 66.9 Å². The van der Waals surface area contributed by atoms with E-state index < -0.39 is 0 Å². The fraction of sp³-hybridized carbons (Fsp3) is 0.0455. The summed E-state index contributed by atoms with van der Waals surface area (Å²) in [7, 11) is 0. The quantitative estimate of drug-likeness (QED) is 0.502. The number of aromatic nitrogens is 2. The number of hydrogen-bond acceptors (Lipinski definition) is 3. The van der Waals surface area contributed by atoms with Crippen molar-refractivity contribution in [3.63, 3.8) is 0 Å². The molecule has 29 heavy (non-hydrogen) atoms. The lowest BCUT2D eigenvalue weighted by Gasteiger charge is -2.10. The molecule has 4 rings (SSSR count). The number of amides is 1. The molecule has 1 amide bonds. The van der Waals surface area contributed by atoms with Crippen molar-refractivity contribution < 1.29 is 9.18 Å². The first-order valence-electron chi connectivity index (χ1n) is 8.91. The van der Waals surface area contributed by atoms with Gasteiger partial charge in [-0.1, -0.05) is 36.4 Å². The largest absolute Gasteiger partial charge is 0.348 e. The first-order valence-corrected chi connectivity index (χ1v) is 9.31.